The molecule has 6 heteroatoms. The predicted molar refractivity (Wildman–Crippen MR) is 231 cm³/mol. The van der Waals surface area contributed by atoms with Crippen molar-refractivity contribution < 1.29 is 13.2 Å². The van der Waals surface area contributed by atoms with Crippen molar-refractivity contribution >= 4 is 43.6 Å². The summed E-state index contributed by atoms with van der Waals surface area (Å²) in [7, 11) is 0. The number of fused-ring (bicyclic) bond motifs is 6. The van der Waals surface area contributed by atoms with Gasteiger partial charge in [-0.2, -0.15) is 18.4 Å². The number of nitrogens with zero attached hydrogens (tertiary/aromatic N) is 3. The predicted octanol–water partition coefficient (Wildman–Crippen LogP) is 14.4. The summed E-state index contributed by atoms with van der Waals surface area (Å²) in [4.78, 5) is 0. The Balaban J connectivity index is 1.28. The summed E-state index contributed by atoms with van der Waals surface area (Å²) in [5, 5.41) is 14.7. The second-order valence-corrected chi connectivity index (χ2v) is 15.0. The van der Waals surface area contributed by atoms with Crippen LogP contribution in [-0.4, -0.2) is 9.13 Å². The van der Waals surface area contributed by atoms with Gasteiger partial charge in [-0.25, -0.2) is 0 Å². The quantitative estimate of drug-likeness (QED) is 0.172. The summed E-state index contributed by atoms with van der Waals surface area (Å²) in [5.74, 6) is 0. The van der Waals surface area contributed by atoms with Crippen molar-refractivity contribution in [1.29, 1.82) is 5.26 Å². The Morgan fingerprint density at radius 3 is 1.53 bits per heavy atom. The molecule has 0 spiro atoms. The fourth-order valence-corrected chi connectivity index (χ4v) is 8.67. The van der Waals surface area contributed by atoms with E-state index in [1.165, 1.54) is 6.07 Å². The molecule has 2 heterocycles. The van der Waals surface area contributed by atoms with E-state index in [1.807, 2.05) is 59.2 Å². The fraction of sp³-hybridized carbons (Fsp3) is 0.0577. The molecule has 10 rings (SSSR count). The first-order chi connectivity index (χ1) is 28.2. The van der Waals surface area contributed by atoms with Gasteiger partial charge in [-0.3, -0.25) is 0 Å². The van der Waals surface area contributed by atoms with Crippen LogP contribution in [0, 0.1) is 25.2 Å². The number of aryl methyl sites for hydroxylation is 2. The molecule has 0 radical (unpaired) electrons. The standard InChI is InChI=1S/C52H34F3N3/c1-32-10-7-12-34(26-32)36-20-23-48-43(28-36)40-15-3-5-18-46(40)57(48)49-25-22-39(52(53,54)55)30-45(49)42-17-9-14-38(31-56)51(42)58-47-19-6-4-16-41(47)44-29-37(21-24-50(44)58)35-13-8-11-33(2)27-35/h3-30H,1-2H3. The molecule has 2 aromatic heterocycles. The number of hydrogen-bond donors (Lipinski definition) is 0. The maximum atomic E-state index is 14.8. The minimum Gasteiger partial charge on any atom is -0.309 e. The maximum Gasteiger partial charge on any atom is 0.416 e. The van der Waals surface area contributed by atoms with Gasteiger partial charge < -0.3 is 9.13 Å². The van der Waals surface area contributed by atoms with Crippen LogP contribution < -0.4 is 0 Å². The van der Waals surface area contributed by atoms with E-state index in [2.05, 4.69) is 109 Å². The highest BCUT2D eigenvalue weighted by Gasteiger charge is 2.32. The second kappa shape index (κ2) is 13.4. The minimum atomic E-state index is -4.61. The van der Waals surface area contributed by atoms with E-state index in [1.54, 1.807) is 18.2 Å². The zero-order valence-corrected chi connectivity index (χ0v) is 31.6. The Hall–Kier alpha value is -7.36. The summed E-state index contributed by atoms with van der Waals surface area (Å²) in [5.41, 5.74) is 11.5. The fourth-order valence-electron chi connectivity index (χ4n) is 8.67. The molecule has 0 aliphatic heterocycles. The van der Waals surface area contributed by atoms with Gasteiger partial charge in [0.2, 0.25) is 0 Å². The van der Waals surface area contributed by atoms with Gasteiger partial charge in [0.15, 0.2) is 0 Å². The largest absolute Gasteiger partial charge is 0.416 e. The molecule has 8 aromatic carbocycles. The van der Waals surface area contributed by atoms with Crippen molar-refractivity contribution in [2.45, 2.75) is 20.0 Å². The van der Waals surface area contributed by atoms with E-state index in [4.69, 9.17) is 0 Å². The summed E-state index contributed by atoms with van der Waals surface area (Å²) in [6, 6.07) is 57.0. The number of benzene rings is 8. The van der Waals surface area contributed by atoms with Crippen molar-refractivity contribution in [2.75, 3.05) is 0 Å². The SMILES string of the molecule is Cc1cccc(-c2ccc3c(c2)c2ccccc2n3-c2ccc(C(F)(F)F)cc2-c2cccc(C#N)c2-n2c3ccccc3c3cc(-c4cccc(C)c4)ccc32)c1. The van der Waals surface area contributed by atoms with E-state index in [9.17, 15) is 18.4 Å². The van der Waals surface area contributed by atoms with Crippen molar-refractivity contribution in [2.24, 2.45) is 0 Å². The van der Waals surface area contributed by atoms with Crippen LogP contribution in [0.1, 0.15) is 22.3 Å². The Kier molecular flexibility index (Phi) is 8.10. The number of rotatable bonds is 5. The first-order valence-electron chi connectivity index (χ1n) is 19.1. The molecule has 10 aromatic rings. The van der Waals surface area contributed by atoms with Gasteiger partial charge in [-0.05, 0) is 96.8 Å². The first kappa shape index (κ1) is 35.1. The van der Waals surface area contributed by atoms with Crippen LogP contribution in [0.4, 0.5) is 13.2 Å². The van der Waals surface area contributed by atoms with Crippen LogP contribution in [0.5, 0.6) is 0 Å². The summed E-state index contributed by atoms with van der Waals surface area (Å²) in [6.07, 6.45) is -4.61. The van der Waals surface area contributed by atoms with Crippen LogP contribution in [0.15, 0.2) is 170 Å². The molecule has 0 saturated heterocycles. The lowest BCUT2D eigenvalue weighted by Gasteiger charge is -2.21. The zero-order valence-electron chi connectivity index (χ0n) is 31.6. The molecule has 0 atom stereocenters. The van der Waals surface area contributed by atoms with E-state index < -0.39 is 11.7 Å². The van der Waals surface area contributed by atoms with E-state index in [0.717, 1.165) is 83.1 Å². The topological polar surface area (TPSA) is 33.6 Å². The van der Waals surface area contributed by atoms with Crippen molar-refractivity contribution in [3.63, 3.8) is 0 Å². The Morgan fingerprint density at radius 1 is 0.448 bits per heavy atom. The third kappa shape index (κ3) is 5.66. The molecule has 278 valence electrons. The molecule has 0 amide bonds. The van der Waals surface area contributed by atoms with Gasteiger partial charge in [0.1, 0.15) is 6.07 Å². The van der Waals surface area contributed by atoms with Gasteiger partial charge in [-0.15, -0.1) is 0 Å². The molecule has 0 aliphatic carbocycles. The normalized spacial score (nSPS) is 11.9. The summed E-state index contributed by atoms with van der Waals surface area (Å²) < 4.78 is 48.4. The zero-order chi connectivity index (χ0) is 39.7. The van der Waals surface area contributed by atoms with Gasteiger partial charge in [0.05, 0.1) is 44.6 Å². The Morgan fingerprint density at radius 2 is 0.966 bits per heavy atom. The molecular formula is C52H34F3N3. The smallest absolute Gasteiger partial charge is 0.309 e. The van der Waals surface area contributed by atoms with Gasteiger partial charge >= 0.3 is 6.18 Å². The average molecular weight is 758 g/mol. The third-order valence-corrected chi connectivity index (χ3v) is 11.3. The molecule has 0 unspecified atom stereocenters. The Bertz CT molecular complexity index is 3320. The highest BCUT2D eigenvalue weighted by atomic mass is 19.4. The van der Waals surface area contributed by atoms with Crippen LogP contribution in [0.3, 0.4) is 0 Å². The highest BCUT2D eigenvalue weighted by Crippen LogP contribution is 2.45. The molecule has 0 N–H and O–H groups in total. The monoisotopic (exact) mass is 757 g/mol. The highest BCUT2D eigenvalue weighted by molar-refractivity contribution is 6.13. The summed E-state index contributed by atoms with van der Waals surface area (Å²) >= 11 is 0. The number of aromatic nitrogens is 2. The maximum absolute atomic E-state index is 14.8. The number of nitriles is 1. The van der Waals surface area contributed by atoms with Crippen LogP contribution in [0.25, 0.3) is 88.4 Å². The molecule has 0 bridgehead atoms. The molecule has 0 fully saturated rings. The van der Waals surface area contributed by atoms with Gasteiger partial charge in [0.25, 0.3) is 0 Å². The number of para-hydroxylation sites is 3. The minimum absolute atomic E-state index is 0.344. The third-order valence-electron chi connectivity index (χ3n) is 11.3. The second-order valence-electron chi connectivity index (χ2n) is 15.0. The van der Waals surface area contributed by atoms with Crippen molar-refractivity contribution in [3.8, 4) is 50.8 Å². The van der Waals surface area contributed by atoms with Crippen LogP contribution in [-0.2, 0) is 6.18 Å². The number of alkyl halides is 3. The van der Waals surface area contributed by atoms with Crippen LogP contribution in [0.2, 0.25) is 0 Å². The number of halogens is 3. The molecule has 3 nitrogen and oxygen atoms in total. The average Bonchev–Trinajstić information content (AvgIpc) is 3.74. The van der Waals surface area contributed by atoms with E-state index in [0.29, 0.717) is 28.1 Å². The van der Waals surface area contributed by atoms with Crippen molar-refractivity contribution in [1.82, 2.24) is 9.13 Å². The Labute approximate surface area is 333 Å². The van der Waals surface area contributed by atoms with Crippen molar-refractivity contribution in [3.05, 3.63) is 192 Å². The molecule has 0 saturated carbocycles. The number of hydrogen-bond acceptors (Lipinski definition) is 1. The lowest BCUT2D eigenvalue weighted by atomic mass is 9.96. The van der Waals surface area contributed by atoms with E-state index >= 15 is 0 Å². The van der Waals surface area contributed by atoms with E-state index in [-0.39, 0.29) is 0 Å². The summed E-state index contributed by atoms with van der Waals surface area (Å²) in [6.45, 7) is 4.13. The first-order valence-corrected chi connectivity index (χ1v) is 19.1. The molecular weight excluding hydrogens is 724 g/mol. The van der Waals surface area contributed by atoms with Gasteiger partial charge in [-0.1, -0.05) is 120 Å². The lowest BCUT2D eigenvalue weighted by molar-refractivity contribution is -0.137. The van der Waals surface area contributed by atoms with Crippen LogP contribution >= 0.6 is 0 Å². The molecule has 0 aliphatic rings. The molecule has 58 heavy (non-hydrogen) atoms. The van der Waals surface area contributed by atoms with Gasteiger partial charge in [0, 0.05) is 32.7 Å². The lowest BCUT2D eigenvalue weighted by Crippen LogP contribution is -2.08.